The fourth-order valence-corrected chi connectivity index (χ4v) is 3.60. The van der Waals surface area contributed by atoms with Gasteiger partial charge in [-0.3, -0.25) is 4.79 Å². The molecule has 0 spiro atoms. The minimum Gasteiger partial charge on any atom is -0.452 e. The number of hydrogen-bond donors (Lipinski definition) is 1. The van der Waals surface area contributed by atoms with E-state index >= 15 is 0 Å². The average molecular weight is 430 g/mol. The number of hydrogen-bond acceptors (Lipinski definition) is 5. The Morgan fingerprint density at radius 1 is 1.33 bits per heavy atom. The number of H-pyrrole nitrogens is 1. The highest BCUT2D eigenvalue weighted by atomic mass is 35.5. The van der Waals surface area contributed by atoms with Crippen molar-refractivity contribution in [2.45, 2.75) is 32.8 Å². The fraction of sp³-hybridized carbons (Fsp3) is 0.409. The van der Waals surface area contributed by atoms with Gasteiger partial charge in [0.15, 0.2) is 11.8 Å². The lowest BCUT2D eigenvalue weighted by Gasteiger charge is -2.17. The maximum Gasteiger partial charge on any atom is 0.296 e. The Kier molecular flexibility index (Phi) is 6.82. The zero-order chi connectivity index (χ0) is 21.8. The van der Waals surface area contributed by atoms with E-state index in [1.54, 1.807) is 27.1 Å². The van der Waals surface area contributed by atoms with Crippen molar-refractivity contribution < 1.29 is 9.53 Å². The van der Waals surface area contributed by atoms with Gasteiger partial charge in [0.05, 0.1) is 16.2 Å². The largest absolute Gasteiger partial charge is 0.452 e. The Bertz CT molecular complexity index is 1000. The molecule has 0 radical (unpaired) electrons. The molecule has 1 aliphatic rings. The minimum absolute atomic E-state index is 0.151. The van der Waals surface area contributed by atoms with Gasteiger partial charge < -0.3 is 19.5 Å². The zero-order valence-corrected chi connectivity index (χ0v) is 18.7. The number of rotatable bonds is 7. The molecule has 3 heterocycles. The standard InChI is InChI=1S/C22H28ClN5O2/c1-6-16(10-9-14(2)28-11-7-8-12-28)19-17(23)13-18-20(25-19)26-22(24-18)30-15(3)21(29)27(4)5/h6,9-10,13,15H,2,7-8,11-12H2,1,3-5H3,(H,24,25,26)/b10-9-,16-6+. The Balaban J connectivity index is 1.82. The number of allylic oxidation sites excluding steroid dienone is 4. The summed E-state index contributed by atoms with van der Waals surface area (Å²) in [5.41, 5.74) is 3.61. The second-order valence-corrected chi connectivity index (χ2v) is 7.89. The van der Waals surface area contributed by atoms with Crippen molar-refractivity contribution >= 4 is 34.2 Å². The topological polar surface area (TPSA) is 74.4 Å². The van der Waals surface area contributed by atoms with Gasteiger partial charge in [-0.1, -0.05) is 30.3 Å². The Labute approximate surface area is 182 Å². The summed E-state index contributed by atoms with van der Waals surface area (Å²) in [5.74, 6) is -0.151. The van der Waals surface area contributed by atoms with Crippen molar-refractivity contribution in [2.24, 2.45) is 0 Å². The number of nitrogens with zero attached hydrogens (tertiary/aromatic N) is 4. The first-order valence-corrected chi connectivity index (χ1v) is 10.4. The van der Waals surface area contributed by atoms with Gasteiger partial charge in [-0.15, -0.1) is 0 Å². The summed E-state index contributed by atoms with van der Waals surface area (Å²) in [4.78, 5) is 27.8. The number of ether oxygens (including phenoxy) is 1. The number of carbonyl (C=O) groups excluding carboxylic acids is 1. The predicted octanol–water partition coefficient (Wildman–Crippen LogP) is 4.04. The summed E-state index contributed by atoms with van der Waals surface area (Å²) in [7, 11) is 3.36. The van der Waals surface area contributed by atoms with E-state index in [0.717, 1.165) is 24.4 Å². The summed E-state index contributed by atoms with van der Waals surface area (Å²) < 4.78 is 5.64. The molecule has 160 valence electrons. The molecule has 1 atom stereocenters. The number of aromatic amines is 1. The third kappa shape index (κ3) is 4.84. The molecule has 2 aromatic rings. The van der Waals surface area contributed by atoms with E-state index in [1.165, 1.54) is 17.7 Å². The Hall–Kier alpha value is -2.80. The third-order valence-corrected chi connectivity index (χ3v) is 5.32. The molecule has 1 unspecified atom stereocenters. The van der Waals surface area contributed by atoms with E-state index in [1.807, 2.05) is 25.2 Å². The van der Waals surface area contributed by atoms with Gasteiger partial charge in [0.1, 0.15) is 0 Å². The van der Waals surface area contributed by atoms with Crippen LogP contribution in [0.1, 0.15) is 32.4 Å². The number of aromatic nitrogens is 3. The zero-order valence-electron chi connectivity index (χ0n) is 17.9. The molecule has 1 aliphatic heterocycles. The van der Waals surface area contributed by atoms with Crippen molar-refractivity contribution in [1.29, 1.82) is 0 Å². The number of halogens is 1. The SMILES string of the molecule is C=C(/C=C\C(=C/C)c1nc2nc(OC(C)C(=O)N(C)C)[nH]c2cc1Cl)N1CCCC1. The number of carbonyl (C=O) groups is 1. The number of amides is 1. The molecular weight excluding hydrogens is 402 g/mol. The predicted molar refractivity (Wildman–Crippen MR) is 120 cm³/mol. The van der Waals surface area contributed by atoms with Gasteiger partial charge in [-0.2, -0.15) is 4.98 Å². The first-order valence-electron chi connectivity index (χ1n) is 10.0. The molecule has 0 bridgehead atoms. The van der Waals surface area contributed by atoms with Crippen LogP contribution in [-0.2, 0) is 4.79 Å². The summed E-state index contributed by atoms with van der Waals surface area (Å²) in [5, 5.41) is 0.500. The first-order chi connectivity index (χ1) is 14.3. The highest BCUT2D eigenvalue weighted by Gasteiger charge is 2.19. The van der Waals surface area contributed by atoms with Gasteiger partial charge in [0, 0.05) is 32.9 Å². The molecule has 2 aromatic heterocycles. The number of pyridine rings is 1. The maximum atomic E-state index is 12.0. The molecule has 1 fully saturated rings. The van der Waals surface area contributed by atoms with Crippen molar-refractivity contribution in [3.63, 3.8) is 0 Å². The molecule has 1 amide bonds. The lowest BCUT2D eigenvalue weighted by molar-refractivity contribution is -0.135. The minimum atomic E-state index is -0.666. The lowest BCUT2D eigenvalue weighted by Crippen LogP contribution is -2.35. The van der Waals surface area contributed by atoms with Crippen LogP contribution in [0, 0.1) is 0 Å². The molecule has 0 aromatic carbocycles. The van der Waals surface area contributed by atoms with E-state index in [9.17, 15) is 4.79 Å². The smallest absolute Gasteiger partial charge is 0.296 e. The van der Waals surface area contributed by atoms with Gasteiger partial charge in [0.2, 0.25) is 0 Å². The summed E-state index contributed by atoms with van der Waals surface area (Å²) in [6, 6.07) is 2.00. The van der Waals surface area contributed by atoms with Crippen molar-refractivity contribution in [2.75, 3.05) is 27.2 Å². The number of fused-ring (bicyclic) bond motifs is 1. The fourth-order valence-electron chi connectivity index (χ4n) is 3.34. The van der Waals surface area contributed by atoms with Crippen LogP contribution in [0.25, 0.3) is 16.7 Å². The number of nitrogens with one attached hydrogen (secondary N) is 1. The van der Waals surface area contributed by atoms with E-state index in [2.05, 4.69) is 26.4 Å². The van der Waals surface area contributed by atoms with Crippen LogP contribution >= 0.6 is 11.6 Å². The highest BCUT2D eigenvalue weighted by Crippen LogP contribution is 2.28. The second-order valence-electron chi connectivity index (χ2n) is 7.49. The van der Waals surface area contributed by atoms with Crippen LogP contribution in [0.2, 0.25) is 5.02 Å². The van der Waals surface area contributed by atoms with Crippen molar-refractivity contribution in [3.8, 4) is 6.01 Å². The van der Waals surface area contributed by atoms with E-state index in [-0.39, 0.29) is 11.9 Å². The van der Waals surface area contributed by atoms with Gasteiger partial charge in [-0.05, 0) is 44.4 Å². The molecule has 30 heavy (non-hydrogen) atoms. The van der Waals surface area contributed by atoms with Crippen LogP contribution in [0.3, 0.4) is 0 Å². The van der Waals surface area contributed by atoms with Crippen LogP contribution in [0.4, 0.5) is 0 Å². The summed E-state index contributed by atoms with van der Waals surface area (Å²) >= 11 is 6.51. The van der Waals surface area contributed by atoms with Crippen LogP contribution in [0.15, 0.2) is 36.6 Å². The lowest BCUT2D eigenvalue weighted by atomic mass is 10.1. The molecule has 1 N–H and O–H groups in total. The molecular formula is C22H28ClN5O2. The summed E-state index contributed by atoms with van der Waals surface area (Å²) in [6.07, 6.45) is 7.67. The van der Waals surface area contributed by atoms with E-state index < -0.39 is 6.10 Å². The normalized spacial score (nSPS) is 15.8. The van der Waals surface area contributed by atoms with Gasteiger partial charge in [-0.25, -0.2) is 4.98 Å². The average Bonchev–Trinajstić information content (AvgIpc) is 3.37. The quantitative estimate of drug-likeness (QED) is 0.672. The maximum absolute atomic E-state index is 12.0. The molecule has 3 rings (SSSR count). The van der Waals surface area contributed by atoms with Crippen LogP contribution in [0.5, 0.6) is 6.01 Å². The molecule has 8 heteroatoms. The number of likely N-dealkylation sites (tertiary alicyclic amines) is 1. The van der Waals surface area contributed by atoms with Gasteiger partial charge in [0.25, 0.3) is 11.9 Å². The second kappa shape index (κ2) is 9.34. The molecule has 1 saturated heterocycles. The van der Waals surface area contributed by atoms with Crippen molar-refractivity contribution in [3.05, 3.63) is 47.3 Å². The number of likely N-dealkylation sites (N-methyl/N-ethyl adjacent to an activating group) is 1. The summed E-state index contributed by atoms with van der Waals surface area (Å²) in [6.45, 7) is 9.87. The third-order valence-electron chi connectivity index (χ3n) is 5.03. The first kappa shape index (κ1) is 21.9. The molecule has 0 aliphatic carbocycles. The molecule has 7 nitrogen and oxygen atoms in total. The van der Waals surface area contributed by atoms with Crippen molar-refractivity contribution in [1.82, 2.24) is 24.8 Å². The number of imidazole rings is 1. The van der Waals surface area contributed by atoms with Crippen LogP contribution < -0.4 is 4.74 Å². The Morgan fingerprint density at radius 2 is 2.03 bits per heavy atom. The van der Waals surface area contributed by atoms with Gasteiger partial charge >= 0.3 is 0 Å². The van der Waals surface area contributed by atoms with Crippen LogP contribution in [-0.4, -0.2) is 63.9 Å². The molecule has 0 saturated carbocycles. The van der Waals surface area contributed by atoms with E-state index in [0.29, 0.717) is 21.9 Å². The van der Waals surface area contributed by atoms with E-state index in [4.69, 9.17) is 16.3 Å². The Morgan fingerprint density at radius 3 is 2.67 bits per heavy atom. The monoisotopic (exact) mass is 429 g/mol. The highest BCUT2D eigenvalue weighted by molar-refractivity contribution is 6.32.